The van der Waals surface area contributed by atoms with Crippen molar-refractivity contribution >= 4 is 0 Å². The molecule has 0 saturated carbocycles. The fraction of sp³-hybridized carbons (Fsp3) is 0.273. The molecule has 0 atom stereocenters. The van der Waals surface area contributed by atoms with Crippen LogP contribution in [-0.2, 0) is 6.54 Å². The Morgan fingerprint density at radius 2 is 2.36 bits per heavy atom. The van der Waals surface area contributed by atoms with Gasteiger partial charge in [-0.2, -0.15) is 0 Å². The molecule has 0 unspecified atom stereocenters. The third-order valence-corrected chi connectivity index (χ3v) is 1.83. The molecule has 0 bridgehead atoms. The van der Waals surface area contributed by atoms with Gasteiger partial charge in [-0.25, -0.2) is 0 Å². The topological polar surface area (TPSA) is 41.5 Å². The lowest BCUT2D eigenvalue weighted by Gasteiger charge is -2.06. The van der Waals surface area contributed by atoms with E-state index in [1.54, 1.807) is 25.3 Å². The van der Waals surface area contributed by atoms with E-state index in [9.17, 15) is 5.11 Å². The zero-order chi connectivity index (χ0) is 10.4. The summed E-state index contributed by atoms with van der Waals surface area (Å²) in [4.78, 5) is 0. The van der Waals surface area contributed by atoms with Crippen LogP contribution in [0.25, 0.3) is 0 Å². The first-order valence-electron chi connectivity index (χ1n) is 4.28. The molecule has 0 aliphatic carbocycles. The normalized spacial score (nSPS) is 9.43. The summed E-state index contributed by atoms with van der Waals surface area (Å²) in [5.74, 6) is 3.43. The van der Waals surface area contributed by atoms with Gasteiger partial charge < -0.3 is 15.2 Å². The number of benzene rings is 1. The molecule has 0 fully saturated rings. The predicted octanol–water partition coefficient (Wildman–Crippen LogP) is 1.12. The van der Waals surface area contributed by atoms with Crippen LogP contribution in [0.4, 0.5) is 0 Å². The summed E-state index contributed by atoms with van der Waals surface area (Å²) >= 11 is 0. The molecule has 0 aliphatic heterocycles. The second kappa shape index (κ2) is 5.15. The van der Waals surface area contributed by atoms with Crippen molar-refractivity contribution in [3.05, 3.63) is 23.8 Å². The van der Waals surface area contributed by atoms with E-state index in [1.165, 1.54) is 0 Å². The van der Waals surface area contributed by atoms with Gasteiger partial charge in [0.25, 0.3) is 0 Å². The molecule has 2 N–H and O–H groups in total. The van der Waals surface area contributed by atoms with Gasteiger partial charge in [0.2, 0.25) is 0 Å². The highest BCUT2D eigenvalue weighted by Crippen LogP contribution is 2.22. The molecule has 0 saturated heterocycles. The van der Waals surface area contributed by atoms with Crippen LogP contribution in [0.15, 0.2) is 18.2 Å². The molecule has 3 heteroatoms. The number of hydrogen-bond donors (Lipinski definition) is 2. The van der Waals surface area contributed by atoms with Crippen LogP contribution in [0.2, 0.25) is 0 Å². The fourth-order valence-corrected chi connectivity index (χ4v) is 1.10. The third-order valence-electron chi connectivity index (χ3n) is 1.83. The quantitative estimate of drug-likeness (QED) is 0.553. The van der Waals surface area contributed by atoms with E-state index in [4.69, 9.17) is 11.2 Å². The minimum atomic E-state index is 0.246. The van der Waals surface area contributed by atoms with Crippen molar-refractivity contribution in [3.63, 3.8) is 0 Å². The summed E-state index contributed by atoms with van der Waals surface area (Å²) in [6.45, 7) is 1.02. The summed E-state index contributed by atoms with van der Waals surface area (Å²) < 4.78 is 5.04. The average molecular weight is 191 g/mol. The average Bonchev–Trinajstić information content (AvgIpc) is 2.21. The Morgan fingerprint density at radius 3 is 3.00 bits per heavy atom. The maximum Gasteiger partial charge on any atom is 0.120 e. The molecule has 14 heavy (non-hydrogen) atoms. The molecular formula is C11H13NO2. The van der Waals surface area contributed by atoms with Crippen LogP contribution < -0.4 is 10.1 Å². The standard InChI is InChI=1S/C11H13NO2/c1-3-6-12-8-9-7-10(14-2)4-5-11(9)13/h1,4-5,7,12-13H,6,8H2,2H3. The van der Waals surface area contributed by atoms with Crippen LogP contribution in [0, 0.1) is 12.3 Å². The van der Waals surface area contributed by atoms with Gasteiger partial charge in [-0.15, -0.1) is 6.42 Å². The summed E-state index contributed by atoms with van der Waals surface area (Å²) in [6.07, 6.45) is 5.09. The smallest absolute Gasteiger partial charge is 0.120 e. The van der Waals surface area contributed by atoms with Crippen LogP contribution in [0.5, 0.6) is 11.5 Å². The first-order chi connectivity index (χ1) is 6.77. The van der Waals surface area contributed by atoms with Crippen molar-refractivity contribution in [2.75, 3.05) is 13.7 Å². The summed E-state index contributed by atoms with van der Waals surface area (Å²) in [5.41, 5.74) is 0.777. The van der Waals surface area contributed by atoms with Gasteiger partial charge in [-0.1, -0.05) is 5.92 Å². The van der Waals surface area contributed by atoms with Crippen LogP contribution in [0.1, 0.15) is 5.56 Å². The Kier molecular flexibility index (Phi) is 3.84. The lowest BCUT2D eigenvalue weighted by atomic mass is 10.2. The number of ether oxygens (including phenoxy) is 1. The van der Waals surface area contributed by atoms with Gasteiger partial charge in [0.15, 0.2) is 0 Å². The lowest BCUT2D eigenvalue weighted by Crippen LogP contribution is -2.13. The van der Waals surface area contributed by atoms with Crippen molar-refractivity contribution in [1.29, 1.82) is 0 Å². The minimum Gasteiger partial charge on any atom is -0.508 e. The predicted molar refractivity (Wildman–Crippen MR) is 55.2 cm³/mol. The molecule has 74 valence electrons. The van der Waals surface area contributed by atoms with Crippen molar-refractivity contribution in [3.8, 4) is 23.8 Å². The molecule has 1 aromatic carbocycles. The molecule has 1 rings (SSSR count). The highest BCUT2D eigenvalue weighted by Gasteiger charge is 2.01. The first-order valence-corrected chi connectivity index (χ1v) is 4.28. The number of methoxy groups -OCH3 is 1. The Hall–Kier alpha value is -1.66. The zero-order valence-electron chi connectivity index (χ0n) is 8.08. The largest absolute Gasteiger partial charge is 0.508 e. The summed E-state index contributed by atoms with van der Waals surface area (Å²) in [7, 11) is 1.59. The van der Waals surface area contributed by atoms with E-state index in [2.05, 4.69) is 11.2 Å². The SMILES string of the molecule is C#CCNCc1cc(OC)ccc1O. The lowest BCUT2D eigenvalue weighted by molar-refractivity contribution is 0.410. The Bertz CT molecular complexity index is 342. The first kappa shape index (κ1) is 10.4. The zero-order valence-corrected chi connectivity index (χ0v) is 8.08. The van der Waals surface area contributed by atoms with Gasteiger partial charge >= 0.3 is 0 Å². The number of hydrogen-bond acceptors (Lipinski definition) is 3. The Labute approximate surface area is 83.7 Å². The molecule has 0 aliphatic rings. The number of nitrogens with one attached hydrogen (secondary N) is 1. The number of phenols is 1. The second-order valence-corrected chi connectivity index (χ2v) is 2.80. The van der Waals surface area contributed by atoms with E-state index in [0.29, 0.717) is 13.1 Å². The summed E-state index contributed by atoms with van der Waals surface area (Å²) in [5, 5.41) is 12.5. The number of terminal acetylenes is 1. The van der Waals surface area contributed by atoms with E-state index in [0.717, 1.165) is 11.3 Å². The van der Waals surface area contributed by atoms with Crippen molar-refractivity contribution < 1.29 is 9.84 Å². The van der Waals surface area contributed by atoms with Crippen LogP contribution in [-0.4, -0.2) is 18.8 Å². The van der Waals surface area contributed by atoms with E-state index in [1.807, 2.05) is 0 Å². The Balaban J connectivity index is 2.69. The van der Waals surface area contributed by atoms with Gasteiger partial charge in [0, 0.05) is 12.1 Å². The molecule has 0 radical (unpaired) electrons. The number of rotatable bonds is 4. The van der Waals surface area contributed by atoms with Crippen molar-refractivity contribution in [2.24, 2.45) is 0 Å². The molecule has 0 amide bonds. The van der Waals surface area contributed by atoms with Gasteiger partial charge in [-0.3, -0.25) is 0 Å². The van der Waals surface area contributed by atoms with E-state index in [-0.39, 0.29) is 5.75 Å². The van der Waals surface area contributed by atoms with Crippen molar-refractivity contribution in [1.82, 2.24) is 5.32 Å². The monoisotopic (exact) mass is 191 g/mol. The van der Waals surface area contributed by atoms with Gasteiger partial charge in [0.05, 0.1) is 13.7 Å². The molecule has 0 heterocycles. The number of phenolic OH excluding ortho intramolecular Hbond substituents is 1. The van der Waals surface area contributed by atoms with Crippen molar-refractivity contribution in [2.45, 2.75) is 6.54 Å². The summed E-state index contributed by atoms with van der Waals surface area (Å²) in [6, 6.07) is 5.09. The molecule has 1 aromatic rings. The third kappa shape index (κ3) is 2.68. The molecule has 0 spiro atoms. The minimum absolute atomic E-state index is 0.246. The van der Waals surface area contributed by atoms with E-state index < -0.39 is 0 Å². The molecule has 0 aromatic heterocycles. The second-order valence-electron chi connectivity index (χ2n) is 2.80. The van der Waals surface area contributed by atoms with Crippen LogP contribution in [0.3, 0.4) is 0 Å². The maximum atomic E-state index is 9.48. The Morgan fingerprint density at radius 1 is 1.57 bits per heavy atom. The fourth-order valence-electron chi connectivity index (χ4n) is 1.10. The molecular weight excluding hydrogens is 178 g/mol. The highest BCUT2D eigenvalue weighted by atomic mass is 16.5. The van der Waals surface area contributed by atoms with Gasteiger partial charge in [-0.05, 0) is 18.2 Å². The molecule has 3 nitrogen and oxygen atoms in total. The number of aromatic hydroxyl groups is 1. The van der Waals surface area contributed by atoms with Gasteiger partial charge in [0.1, 0.15) is 11.5 Å². The van der Waals surface area contributed by atoms with E-state index >= 15 is 0 Å². The maximum absolute atomic E-state index is 9.48. The highest BCUT2D eigenvalue weighted by molar-refractivity contribution is 5.39. The van der Waals surface area contributed by atoms with Crippen LogP contribution >= 0.6 is 0 Å².